The molecule has 2 aromatic carbocycles. The van der Waals surface area contributed by atoms with E-state index in [1.165, 1.54) is 12.1 Å². The molecule has 0 amide bonds. The molecule has 0 saturated heterocycles. The minimum absolute atomic E-state index is 0.304. The third-order valence-electron chi connectivity index (χ3n) is 5.02. The minimum atomic E-state index is -0.304. The highest BCUT2D eigenvalue weighted by Crippen LogP contribution is 2.34. The van der Waals surface area contributed by atoms with E-state index >= 15 is 0 Å². The van der Waals surface area contributed by atoms with Crippen molar-refractivity contribution in [2.24, 2.45) is 0 Å². The van der Waals surface area contributed by atoms with Gasteiger partial charge in [0, 0.05) is 28.7 Å². The predicted octanol–water partition coefficient (Wildman–Crippen LogP) is 5.73. The average Bonchev–Trinajstić information content (AvgIpc) is 3.42. The van der Waals surface area contributed by atoms with Gasteiger partial charge in [-0.15, -0.1) is 0 Å². The third kappa shape index (κ3) is 2.42. The first-order valence-corrected chi connectivity index (χ1v) is 9.15. The van der Waals surface area contributed by atoms with E-state index in [-0.39, 0.29) is 5.82 Å². The summed E-state index contributed by atoms with van der Waals surface area (Å²) in [6.07, 6.45) is 3.52. The quantitative estimate of drug-likeness (QED) is 0.390. The topological polar surface area (TPSA) is 67.6 Å². The zero-order valence-corrected chi connectivity index (χ0v) is 15.1. The highest BCUT2D eigenvalue weighted by Gasteiger charge is 2.17. The molecule has 29 heavy (non-hydrogen) atoms. The van der Waals surface area contributed by atoms with Crippen LogP contribution in [0.1, 0.15) is 0 Å². The molecule has 4 heterocycles. The zero-order chi connectivity index (χ0) is 19.4. The second-order valence-electron chi connectivity index (χ2n) is 6.78. The summed E-state index contributed by atoms with van der Waals surface area (Å²) in [5.41, 5.74) is 4.01. The molecule has 5 nitrogen and oxygen atoms in total. The van der Waals surface area contributed by atoms with Crippen LogP contribution in [-0.2, 0) is 0 Å². The van der Waals surface area contributed by atoms with Gasteiger partial charge in [-0.1, -0.05) is 12.1 Å². The van der Waals surface area contributed by atoms with E-state index in [4.69, 9.17) is 9.40 Å². The second-order valence-corrected chi connectivity index (χ2v) is 6.78. The Morgan fingerprint density at radius 1 is 0.759 bits per heavy atom. The Kier molecular flexibility index (Phi) is 3.28. The molecule has 4 aromatic heterocycles. The average molecular weight is 380 g/mol. The van der Waals surface area contributed by atoms with E-state index < -0.39 is 0 Å². The molecule has 6 aromatic rings. The summed E-state index contributed by atoms with van der Waals surface area (Å²) in [4.78, 5) is 17.2. The molecule has 0 bridgehead atoms. The maximum absolute atomic E-state index is 13.5. The van der Waals surface area contributed by atoms with Crippen molar-refractivity contribution in [2.45, 2.75) is 0 Å². The highest BCUT2D eigenvalue weighted by atomic mass is 19.1. The maximum atomic E-state index is 13.5. The lowest BCUT2D eigenvalue weighted by Crippen LogP contribution is -1.86. The number of halogens is 1. The Bertz CT molecular complexity index is 1460. The predicted molar refractivity (Wildman–Crippen MR) is 110 cm³/mol. The molecule has 0 saturated carbocycles. The van der Waals surface area contributed by atoms with E-state index in [9.17, 15) is 4.39 Å². The van der Waals surface area contributed by atoms with Gasteiger partial charge in [0.05, 0.1) is 22.1 Å². The van der Waals surface area contributed by atoms with E-state index in [1.54, 1.807) is 18.5 Å². The standard InChI is InChI=1S/C23H13FN4O/c24-14-5-1-4-13(12-14)17-8-9-18(29-17)23-27-21-15-6-2-10-25-19(15)20-16(22(21)28-23)7-3-11-26-20/h1-12H,(H,27,28). The first-order valence-electron chi connectivity index (χ1n) is 9.15. The molecule has 0 spiro atoms. The molecule has 6 heteroatoms. The number of benzene rings is 2. The van der Waals surface area contributed by atoms with Gasteiger partial charge in [0.25, 0.3) is 0 Å². The van der Waals surface area contributed by atoms with Crippen molar-refractivity contribution < 1.29 is 8.81 Å². The van der Waals surface area contributed by atoms with Crippen LogP contribution in [0.3, 0.4) is 0 Å². The molecule has 0 atom stereocenters. The summed E-state index contributed by atoms with van der Waals surface area (Å²) in [6, 6.07) is 17.7. The van der Waals surface area contributed by atoms with Crippen LogP contribution in [0.4, 0.5) is 4.39 Å². The van der Waals surface area contributed by atoms with Crippen molar-refractivity contribution >= 4 is 32.8 Å². The fourth-order valence-corrected chi connectivity index (χ4v) is 3.72. The van der Waals surface area contributed by atoms with E-state index in [1.807, 2.05) is 42.5 Å². The first-order chi connectivity index (χ1) is 14.3. The number of fused-ring (bicyclic) bond motifs is 6. The molecule has 0 aliphatic heterocycles. The summed E-state index contributed by atoms with van der Waals surface area (Å²) >= 11 is 0. The van der Waals surface area contributed by atoms with Gasteiger partial charge in [0.2, 0.25) is 0 Å². The molecule has 0 radical (unpaired) electrons. The van der Waals surface area contributed by atoms with Crippen LogP contribution in [0.5, 0.6) is 0 Å². The van der Waals surface area contributed by atoms with E-state index in [0.717, 1.165) is 32.8 Å². The molecule has 0 unspecified atom stereocenters. The number of imidazole rings is 1. The number of hydrogen-bond acceptors (Lipinski definition) is 4. The summed E-state index contributed by atoms with van der Waals surface area (Å²) in [7, 11) is 0. The number of hydrogen-bond donors (Lipinski definition) is 1. The van der Waals surface area contributed by atoms with Crippen LogP contribution in [0.25, 0.3) is 55.7 Å². The van der Waals surface area contributed by atoms with Crippen LogP contribution < -0.4 is 0 Å². The summed E-state index contributed by atoms with van der Waals surface area (Å²) in [6.45, 7) is 0. The van der Waals surface area contributed by atoms with Crippen molar-refractivity contribution in [3.8, 4) is 22.9 Å². The first kappa shape index (κ1) is 15.9. The summed E-state index contributed by atoms with van der Waals surface area (Å²) in [5.74, 6) is 1.46. The Hall–Kier alpha value is -4.06. The maximum Gasteiger partial charge on any atom is 0.174 e. The lowest BCUT2D eigenvalue weighted by atomic mass is 10.1. The zero-order valence-electron chi connectivity index (χ0n) is 15.1. The molecule has 138 valence electrons. The number of aromatic amines is 1. The molecule has 0 aliphatic carbocycles. The lowest BCUT2D eigenvalue weighted by Gasteiger charge is -2.03. The van der Waals surface area contributed by atoms with Crippen molar-refractivity contribution in [3.63, 3.8) is 0 Å². The van der Waals surface area contributed by atoms with E-state index in [2.05, 4.69) is 15.0 Å². The summed E-state index contributed by atoms with van der Waals surface area (Å²) < 4.78 is 19.5. The van der Waals surface area contributed by atoms with Gasteiger partial charge < -0.3 is 9.40 Å². The Morgan fingerprint density at radius 2 is 1.52 bits per heavy atom. The van der Waals surface area contributed by atoms with Gasteiger partial charge in [-0.25, -0.2) is 9.37 Å². The third-order valence-corrected chi connectivity index (χ3v) is 5.02. The van der Waals surface area contributed by atoms with Gasteiger partial charge >= 0.3 is 0 Å². The number of aromatic nitrogens is 4. The fraction of sp³-hybridized carbons (Fsp3) is 0. The lowest BCUT2D eigenvalue weighted by molar-refractivity contribution is 0.590. The van der Waals surface area contributed by atoms with Gasteiger partial charge in [-0.3, -0.25) is 9.97 Å². The van der Waals surface area contributed by atoms with Crippen LogP contribution in [-0.4, -0.2) is 19.9 Å². The SMILES string of the molecule is Fc1cccc(-c2ccc(-c3nc4c5cccnc5c5ncccc5c4[nH]3)o2)c1. The number of H-pyrrole nitrogens is 1. The molecule has 0 fully saturated rings. The Morgan fingerprint density at radius 3 is 2.34 bits per heavy atom. The van der Waals surface area contributed by atoms with Crippen molar-refractivity contribution in [3.05, 3.63) is 78.9 Å². The van der Waals surface area contributed by atoms with Crippen LogP contribution in [0.2, 0.25) is 0 Å². The minimum Gasteiger partial charge on any atom is -0.453 e. The number of nitrogens with one attached hydrogen (secondary N) is 1. The second kappa shape index (κ2) is 5.97. The number of furan rings is 1. The van der Waals surface area contributed by atoms with Crippen molar-refractivity contribution in [1.29, 1.82) is 0 Å². The number of rotatable bonds is 2. The molecular weight excluding hydrogens is 367 g/mol. The molecule has 6 rings (SSSR count). The van der Waals surface area contributed by atoms with Gasteiger partial charge in [-0.2, -0.15) is 0 Å². The molecule has 1 N–H and O–H groups in total. The molecular formula is C23H13FN4O. The van der Waals surface area contributed by atoms with Crippen molar-refractivity contribution in [1.82, 2.24) is 19.9 Å². The molecule has 0 aliphatic rings. The van der Waals surface area contributed by atoms with Crippen LogP contribution in [0.15, 0.2) is 77.5 Å². The van der Waals surface area contributed by atoms with Crippen LogP contribution in [0, 0.1) is 5.82 Å². The smallest absolute Gasteiger partial charge is 0.174 e. The summed E-state index contributed by atoms with van der Waals surface area (Å²) in [5, 5.41) is 1.87. The van der Waals surface area contributed by atoms with Crippen LogP contribution >= 0.6 is 0 Å². The van der Waals surface area contributed by atoms with Crippen molar-refractivity contribution in [2.75, 3.05) is 0 Å². The normalized spacial score (nSPS) is 11.6. The fourth-order valence-electron chi connectivity index (χ4n) is 3.72. The van der Waals surface area contributed by atoms with Gasteiger partial charge in [0.15, 0.2) is 11.6 Å². The highest BCUT2D eigenvalue weighted by molar-refractivity contribution is 6.20. The van der Waals surface area contributed by atoms with Gasteiger partial charge in [-0.05, 0) is 48.5 Å². The monoisotopic (exact) mass is 380 g/mol. The Labute approximate surface area is 163 Å². The largest absolute Gasteiger partial charge is 0.453 e. The van der Waals surface area contributed by atoms with E-state index in [0.29, 0.717) is 22.9 Å². The van der Waals surface area contributed by atoms with Gasteiger partial charge in [0.1, 0.15) is 11.6 Å². The number of pyridine rings is 2. The number of nitrogens with zero attached hydrogens (tertiary/aromatic N) is 3. The Balaban J connectivity index is 1.59.